The molecule has 1 N–H and O–H groups in total. The minimum atomic E-state index is -5.83. The van der Waals surface area contributed by atoms with E-state index in [0.717, 1.165) is 6.07 Å². The van der Waals surface area contributed by atoms with Crippen LogP contribution in [0.4, 0.5) is 36.4 Å². The number of hydrogen-bond acceptors (Lipinski definition) is 1. The van der Waals surface area contributed by atoms with Crippen LogP contribution in [0.2, 0.25) is 5.02 Å². The molecule has 0 aromatic heterocycles. The molecule has 0 saturated carbocycles. The van der Waals surface area contributed by atoms with Crippen molar-refractivity contribution >= 4 is 39.1 Å². The fourth-order valence-corrected chi connectivity index (χ4v) is 2.24. The zero-order chi connectivity index (χ0) is 16.6. The summed E-state index contributed by atoms with van der Waals surface area (Å²) in [6.45, 7) is 0. The minimum Gasteiger partial charge on any atom is -0.323 e. The van der Waals surface area contributed by atoms with Gasteiger partial charge in [0.05, 0.1) is 10.7 Å². The van der Waals surface area contributed by atoms with Gasteiger partial charge in [-0.25, -0.2) is 4.39 Å². The summed E-state index contributed by atoms with van der Waals surface area (Å²) in [5.41, 5.74) is -0.596. The third kappa shape index (κ3) is 4.47. The first-order valence-corrected chi connectivity index (χ1v) is 6.10. The second kappa shape index (κ2) is 5.99. The van der Waals surface area contributed by atoms with Gasteiger partial charge in [-0.2, -0.15) is 26.3 Å². The number of rotatable bonds is 2. The first-order chi connectivity index (χ1) is 9.34. The van der Waals surface area contributed by atoms with Gasteiger partial charge < -0.3 is 5.32 Å². The molecule has 0 fully saturated rings. The summed E-state index contributed by atoms with van der Waals surface area (Å²) in [7, 11) is 0. The first kappa shape index (κ1) is 18.0. The average molecular weight is 402 g/mol. The van der Waals surface area contributed by atoms with E-state index in [2.05, 4.69) is 15.9 Å². The lowest BCUT2D eigenvalue weighted by atomic mass is 10.1. The number of nitrogens with one attached hydrogen (secondary N) is 1. The van der Waals surface area contributed by atoms with E-state index >= 15 is 0 Å². The highest BCUT2D eigenvalue weighted by atomic mass is 79.9. The maximum Gasteiger partial charge on any atom is 0.409 e. The molecule has 0 spiro atoms. The molecule has 0 radical (unpaired) electrons. The van der Waals surface area contributed by atoms with Crippen LogP contribution in [0.15, 0.2) is 16.6 Å². The molecule has 0 bridgehead atoms. The highest BCUT2D eigenvalue weighted by molar-refractivity contribution is 9.10. The molecule has 0 unspecified atom stereocenters. The summed E-state index contributed by atoms with van der Waals surface area (Å²) in [6, 6.07) is 1.34. The van der Waals surface area contributed by atoms with Gasteiger partial charge in [-0.1, -0.05) is 11.6 Å². The number of anilines is 1. The lowest BCUT2D eigenvalue weighted by Gasteiger charge is -2.22. The molecule has 118 valence electrons. The van der Waals surface area contributed by atoms with Crippen molar-refractivity contribution in [3.05, 3.63) is 27.4 Å². The van der Waals surface area contributed by atoms with Gasteiger partial charge in [-0.05, 0) is 28.1 Å². The van der Waals surface area contributed by atoms with E-state index in [1.54, 1.807) is 0 Å². The van der Waals surface area contributed by atoms with Crippen molar-refractivity contribution in [1.29, 1.82) is 0 Å². The van der Waals surface area contributed by atoms with E-state index in [-0.39, 0.29) is 4.47 Å². The Morgan fingerprint density at radius 2 is 1.62 bits per heavy atom. The van der Waals surface area contributed by atoms with E-state index in [0.29, 0.717) is 6.07 Å². The SMILES string of the molecule is O=C(Nc1c(Cl)cc(F)cc1Br)C(C(F)(F)F)C(F)(F)F. The Balaban J connectivity index is 3.15. The summed E-state index contributed by atoms with van der Waals surface area (Å²) >= 11 is 8.14. The highest BCUT2D eigenvalue weighted by Gasteiger charge is 2.61. The molecule has 1 aromatic rings. The molecule has 1 rings (SSSR count). The van der Waals surface area contributed by atoms with Crippen molar-refractivity contribution in [3.8, 4) is 0 Å². The van der Waals surface area contributed by atoms with Gasteiger partial charge >= 0.3 is 12.4 Å². The average Bonchev–Trinajstić information content (AvgIpc) is 2.18. The Kier molecular flexibility index (Phi) is 5.14. The van der Waals surface area contributed by atoms with Crippen molar-refractivity contribution < 1.29 is 35.5 Å². The number of halogens is 9. The Bertz CT molecular complexity index is 520. The quantitative estimate of drug-likeness (QED) is 0.699. The number of amides is 1. The number of carbonyl (C=O) groups is 1. The zero-order valence-electron chi connectivity index (χ0n) is 9.54. The maximum atomic E-state index is 12.9. The predicted octanol–water partition coefficient (Wildman–Crippen LogP) is 4.92. The Morgan fingerprint density at radius 3 is 2.00 bits per heavy atom. The van der Waals surface area contributed by atoms with Crippen LogP contribution >= 0.6 is 27.5 Å². The summed E-state index contributed by atoms with van der Waals surface area (Å²) < 4.78 is 86.7. The van der Waals surface area contributed by atoms with Gasteiger partial charge in [-0.3, -0.25) is 4.79 Å². The van der Waals surface area contributed by atoms with Crippen molar-refractivity contribution in [2.45, 2.75) is 12.4 Å². The summed E-state index contributed by atoms with van der Waals surface area (Å²) in [4.78, 5) is 11.3. The van der Waals surface area contributed by atoms with Crippen LogP contribution in [0.3, 0.4) is 0 Å². The maximum absolute atomic E-state index is 12.9. The number of alkyl halides is 6. The van der Waals surface area contributed by atoms with Gasteiger partial charge in [0.25, 0.3) is 0 Å². The summed E-state index contributed by atoms with van der Waals surface area (Å²) in [5.74, 6) is -7.49. The van der Waals surface area contributed by atoms with Crippen LogP contribution in [0.1, 0.15) is 0 Å². The molecule has 0 heterocycles. The van der Waals surface area contributed by atoms with Gasteiger partial charge in [0.1, 0.15) is 5.82 Å². The Labute approximate surface area is 126 Å². The molecule has 21 heavy (non-hydrogen) atoms. The van der Waals surface area contributed by atoms with Crippen molar-refractivity contribution in [1.82, 2.24) is 0 Å². The fourth-order valence-electron chi connectivity index (χ4n) is 1.34. The highest BCUT2D eigenvalue weighted by Crippen LogP contribution is 2.41. The van der Waals surface area contributed by atoms with E-state index in [9.17, 15) is 35.5 Å². The fraction of sp³-hybridized carbons (Fsp3) is 0.300. The van der Waals surface area contributed by atoms with Gasteiger partial charge in [0.15, 0.2) is 0 Å². The molecule has 0 aliphatic carbocycles. The minimum absolute atomic E-state index is 0.302. The van der Waals surface area contributed by atoms with Crippen LogP contribution in [0, 0.1) is 11.7 Å². The second-order valence-electron chi connectivity index (χ2n) is 3.75. The van der Waals surface area contributed by atoms with Crippen LogP contribution < -0.4 is 5.32 Å². The molecule has 0 aliphatic heterocycles. The van der Waals surface area contributed by atoms with E-state index in [1.807, 2.05) is 0 Å². The van der Waals surface area contributed by atoms with Crippen LogP contribution in [-0.4, -0.2) is 18.3 Å². The molecule has 0 atom stereocenters. The van der Waals surface area contributed by atoms with Crippen LogP contribution in [0.5, 0.6) is 0 Å². The third-order valence-electron chi connectivity index (χ3n) is 2.17. The van der Waals surface area contributed by atoms with Crippen molar-refractivity contribution in [2.75, 3.05) is 5.32 Å². The number of hydrogen-bond donors (Lipinski definition) is 1. The van der Waals surface area contributed by atoms with Crippen LogP contribution in [0.25, 0.3) is 0 Å². The smallest absolute Gasteiger partial charge is 0.323 e. The predicted molar refractivity (Wildman–Crippen MR) is 63.3 cm³/mol. The van der Waals surface area contributed by atoms with Gasteiger partial charge in [-0.15, -0.1) is 0 Å². The third-order valence-corrected chi connectivity index (χ3v) is 3.10. The first-order valence-electron chi connectivity index (χ1n) is 4.93. The van der Waals surface area contributed by atoms with E-state index in [1.165, 1.54) is 5.32 Å². The lowest BCUT2D eigenvalue weighted by molar-refractivity contribution is -0.272. The van der Waals surface area contributed by atoms with E-state index in [4.69, 9.17) is 11.6 Å². The molecule has 1 aromatic carbocycles. The molecule has 11 heteroatoms. The standard InChI is InChI=1S/C10H4BrClF7NO/c11-4-1-3(13)2-5(12)6(4)20-8(21)7(9(14,15)16)10(17,18)19/h1-2,7H,(H,20,21). The number of benzene rings is 1. The number of carbonyl (C=O) groups excluding carboxylic acids is 1. The zero-order valence-corrected chi connectivity index (χ0v) is 11.9. The van der Waals surface area contributed by atoms with Gasteiger partial charge in [0, 0.05) is 4.47 Å². The monoisotopic (exact) mass is 401 g/mol. The lowest BCUT2D eigenvalue weighted by Crippen LogP contribution is -2.45. The molecular formula is C10H4BrClF7NO. The molecule has 0 saturated heterocycles. The van der Waals surface area contributed by atoms with E-state index < -0.39 is 40.7 Å². The largest absolute Gasteiger partial charge is 0.409 e. The molecule has 0 aliphatic rings. The summed E-state index contributed by atoms with van der Waals surface area (Å²) in [6.07, 6.45) is -11.7. The second-order valence-corrected chi connectivity index (χ2v) is 5.01. The summed E-state index contributed by atoms with van der Waals surface area (Å²) in [5, 5.41) is 0.837. The molecule has 1 amide bonds. The Morgan fingerprint density at radius 1 is 1.14 bits per heavy atom. The van der Waals surface area contributed by atoms with Crippen molar-refractivity contribution in [3.63, 3.8) is 0 Å². The molecule has 2 nitrogen and oxygen atoms in total. The van der Waals surface area contributed by atoms with Crippen molar-refractivity contribution in [2.24, 2.45) is 5.92 Å². The Hall–Kier alpha value is -1.03. The normalized spacial score (nSPS) is 12.7. The molecular weight excluding hydrogens is 398 g/mol. The van der Waals surface area contributed by atoms with Gasteiger partial charge in [0.2, 0.25) is 11.8 Å². The topological polar surface area (TPSA) is 29.1 Å². The van der Waals surface area contributed by atoms with Crippen LogP contribution in [-0.2, 0) is 4.79 Å².